The molecule has 0 saturated carbocycles. The number of sulfonamides is 1. The van der Waals surface area contributed by atoms with Crippen LogP contribution in [-0.2, 0) is 39.1 Å². The van der Waals surface area contributed by atoms with Gasteiger partial charge < -0.3 is 9.47 Å². The number of carbonyl (C=O) groups excluding carboxylic acids is 1. The van der Waals surface area contributed by atoms with Crippen LogP contribution in [-0.4, -0.2) is 52.9 Å². The molecular weight excluding hydrogens is 504 g/mol. The van der Waals surface area contributed by atoms with E-state index in [9.17, 15) is 13.2 Å². The molecule has 2 atom stereocenters. The fraction of sp³-hybridized carbons (Fsp3) is 0.464. The summed E-state index contributed by atoms with van der Waals surface area (Å²) in [6.07, 6.45) is 3.21. The zero-order chi connectivity index (χ0) is 27.3. The van der Waals surface area contributed by atoms with Gasteiger partial charge in [0.05, 0.1) is 25.3 Å². The van der Waals surface area contributed by atoms with Crippen LogP contribution in [0.1, 0.15) is 61.9 Å². The van der Waals surface area contributed by atoms with Crippen LogP contribution in [0, 0.1) is 6.92 Å². The van der Waals surface area contributed by atoms with E-state index >= 15 is 0 Å². The maximum absolute atomic E-state index is 13.6. The number of hydrogen-bond donors (Lipinski definition) is 0. The number of ether oxygens (including phenoxy) is 2. The van der Waals surface area contributed by atoms with E-state index in [4.69, 9.17) is 9.47 Å². The van der Waals surface area contributed by atoms with E-state index in [0.717, 1.165) is 28.9 Å². The number of nitrogens with zero attached hydrogens (tertiary/aromatic N) is 4. The molecule has 4 rings (SSSR count). The summed E-state index contributed by atoms with van der Waals surface area (Å²) in [6, 6.07) is 12.8. The molecule has 0 spiro atoms. The third kappa shape index (κ3) is 6.42. The molecule has 0 radical (unpaired) electrons. The number of aryl methyl sites for hydroxylation is 3. The van der Waals surface area contributed by atoms with E-state index < -0.39 is 10.0 Å². The van der Waals surface area contributed by atoms with Crippen molar-refractivity contribution in [2.45, 2.75) is 77.0 Å². The summed E-state index contributed by atoms with van der Waals surface area (Å²) in [5, 5.41) is 8.35. The zero-order valence-corrected chi connectivity index (χ0v) is 23.3. The monoisotopic (exact) mass is 540 g/mol. The molecule has 1 aromatic heterocycles. The number of hydrogen-bond acceptors (Lipinski definition) is 7. The van der Waals surface area contributed by atoms with Crippen molar-refractivity contribution >= 4 is 16.0 Å². The lowest BCUT2D eigenvalue weighted by Gasteiger charge is -2.24. The van der Waals surface area contributed by atoms with E-state index in [1.54, 1.807) is 35.9 Å². The number of para-hydroxylation sites is 1. The molecule has 0 bridgehead atoms. The van der Waals surface area contributed by atoms with Crippen LogP contribution in [0.4, 0.5) is 0 Å². The van der Waals surface area contributed by atoms with Crippen LogP contribution < -0.4 is 4.74 Å². The van der Waals surface area contributed by atoms with Gasteiger partial charge in [0.2, 0.25) is 10.0 Å². The van der Waals surface area contributed by atoms with Gasteiger partial charge in [-0.15, -0.1) is 5.10 Å². The minimum Gasteiger partial charge on any atom is -0.488 e. The first-order valence-electron chi connectivity index (χ1n) is 13.1. The fourth-order valence-electron chi connectivity index (χ4n) is 4.73. The van der Waals surface area contributed by atoms with Crippen molar-refractivity contribution in [3.05, 3.63) is 71.0 Å². The molecule has 0 fully saturated rings. The standard InChI is InChI=1S/C28H36N4O5S/c1-5-31-19-25(29-30-31)14-13-23(16-28(33)36-6-2)22-12-11-20(3)24(15-22)18-32-17-21(4)37-26-9-7-8-10-27(26)38(32,34)35/h7-12,15,19,21,23H,5-6,13-14,16-18H2,1-4H3. The van der Waals surface area contributed by atoms with Crippen molar-refractivity contribution in [3.8, 4) is 5.75 Å². The Morgan fingerprint density at radius 1 is 1.21 bits per heavy atom. The summed E-state index contributed by atoms with van der Waals surface area (Å²) in [7, 11) is -3.76. The Balaban J connectivity index is 1.61. The number of benzene rings is 2. The largest absolute Gasteiger partial charge is 0.488 e. The van der Waals surface area contributed by atoms with Crippen LogP contribution in [0.25, 0.3) is 0 Å². The fourth-order valence-corrected chi connectivity index (χ4v) is 6.35. The highest BCUT2D eigenvalue weighted by atomic mass is 32.2. The van der Waals surface area contributed by atoms with Crippen LogP contribution in [0.5, 0.6) is 5.75 Å². The summed E-state index contributed by atoms with van der Waals surface area (Å²) in [5.41, 5.74) is 3.72. The average molecular weight is 541 g/mol. The third-order valence-corrected chi connectivity index (χ3v) is 8.68. The third-order valence-electron chi connectivity index (χ3n) is 6.82. The molecule has 0 aliphatic carbocycles. The smallest absolute Gasteiger partial charge is 0.306 e. The van der Waals surface area contributed by atoms with Crippen molar-refractivity contribution in [2.24, 2.45) is 0 Å². The molecule has 9 nitrogen and oxygen atoms in total. The quantitative estimate of drug-likeness (QED) is 0.354. The molecular formula is C28H36N4O5S. The van der Waals surface area contributed by atoms with E-state index in [2.05, 4.69) is 10.3 Å². The molecule has 0 saturated heterocycles. The predicted octanol–water partition coefficient (Wildman–Crippen LogP) is 4.25. The van der Waals surface area contributed by atoms with E-state index in [1.807, 2.05) is 45.2 Å². The second-order valence-electron chi connectivity index (χ2n) is 9.67. The normalized spacial score (nSPS) is 17.7. The Kier molecular flexibility index (Phi) is 8.83. The number of rotatable bonds is 10. The lowest BCUT2D eigenvalue weighted by atomic mass is 9.88. The minimum atomic E-state index is -3.76. The van der Waals surface area contributed by atoms with Crippen LogP contribution in [0.3, 0.4) is 0 Å². The highest BCUT2D eigenvalue weighted by Crippen LogP contribution is 2.33. The first-order chi connectivity index (χ1) is 18.2. The Labute approximate surface area is 224 Å². The summed E-state index contributed by atoms with van der Waals surface area (Å²) >= 11 is 0. The van der Waals surface area contributed by atoms with Gasteiger partial charge in [0.1, 0.15) is 16.7 Å². The van der Waals surface area contributed by atoms with Gasteiger partial charge in [-0.1, -0.05) is 35.5 Å². The summed E-state index contributed by atoms with van der Waals surface area (Å²) in [4.78, 5) is 12.7. The first kappa shape index (κ1) is 27.8. The predicted molar refractivity (Wildman–Crippen MR) is 143 cm³/mol. The van der Waals surface area contributed by atoms with Gasteiger partial charge in [-0.05, 0) is 75.3 Å². The topological polar surface area (TPSA) is 104 Å². The molecule has 2 heterocycles. The van der Waals surface area contributed by atoms with E-state index in [-0.39, 0.29) is 42.4 Å². The van der Waals surface area contributed by atoms with E-state index in [0.29, 0.717) is 25.2 Å². The van der Waals surface area contributed by atoms with Gasteiger partial charge in [-0.2, -0.15) is 4.31 Å². The van der Waals surface area contributed by atoms with Crippen LogP contribution >= 0.6 is 0 Å². The molecule has 2 aromatic carbocycles. The van der Waals surface area contributed by atoms with Crippen molar-refractivity contribution in [3.63, 3.8) is 0 Å². The van der Waals surface area contributed by atoms with Gasteiger partial charge in [-0.25, -0.2) is 8.42 Å². The molecule has 2 unspecified atom stereocenters. The highest BCUT2D eigenvalue weighted by molar-refractivity contribution is 7.89. The molecule has 1 aliphatic heterocycles. The van der Waals surface area contributed by atoms with Crippen molar-refractivity contribution in [2.75, 3.05) is 13.2 Å². The lowest BCUT2D eigenvalue weighted by molar-refractivity contribution is -0.143. The van der Waals surface area contributed by atoms with E-state index in [1.165, 1.54) is 4.31 Å². The van der Waals surface area contributed by atoms with Crippen molar-refractivity contribution in [1.82, 2.24) is 19.3 Å². The van der Waals surface area contributed by atoms with Crippen molar-refractivity contribution in [1.29, 1.82) is 0 Å². The molecule has 204 valence electrons. The Hall–Kier alpha value is -3.24. The summed E-state index contributed by atoms with van der Waals surface area (Å²) in [5.74, 6) is 0.0147. The second-order valence-corrected chi connectivity index (χ2v) is 11.6. The molecule has 0 N–H and O–H groups in total. The molecule has 3 aromatic rings. The number of fused-ring (bicyclic) bond motifs is 1. The van der Waals surface area contributed by atoms with Gasteiger partial charge in [0.25, 0.3) is 0 Å². The van der Waals surface area contributed by atoms with Gasteiger partial charge in [-0.3, -0.25) is 9.48 Å². The lowest BCUT2D eigenvalue weighted by Crippen LogP contribution is -2.35. The van der Waals surface area contributed by atoms with Crippen molar-refractivity contribution < 1.29 is 22.7 Å². The van der Waals surface area contributed by atoms with Gasteiger partial charge in [0.15, 0.2) is 0 Å². The number of aromatic nitrogens is 3. The highest BCUT2D eigenvalue weighted by Gasteiger charge is 2.33. The minimum absolute atomic E-state index is 0.107. The molecule has 10 heteroatoms. The zero-order valence-electron chi connectivity index (χ0n) is 22.5. The SMILES string of the molecule is CCOC(=O)CC(CCc1cn(CC)nn1)c1ccc(C)c(CN2CC(C)Oc3ccccc3S2(=O)=O)c1. The molecule has 38 heavy (non-hydrogen) atoms. The van der Waals surface area contributed by atoms with Gasteiger partial charge in [0, 0.05) is 19.3 Å². The second kappa shape index (κ2) is 12.1. The summed E-state index contributed by atoms with van der Waals surface area (Å²) < 4.78 is 41.6. The van der Waals surface area contributed by atoms with Gasteiger partial charge >= 0.3 is 5.97 Å². The maximum Gasteiger partial charge on any atom is 0.306 e. The Bertz CT molecular complexity index is 1370. The van der Waals surface area contributed by atoms with Crippen LogP contribution in [0.2, 0.25) is 0 Å². The average Bonchev–Trinajstić information content (AvgIpc) is 3.32. The number of carbonyl (C=O) groups is 1. The summed E-state index contributed by atoms with van der Waals surface area (Å²) in [6.45, 7) is 9.16. The molecule has 0 amide bonds. The number of esters is 1. The molecule has 1 aliphatic rings. The Morgan fingerprint density at radius 2 is 2.00 bits per heavy atom. The maximum atomic E-state index is 13.6. The van der Waals surface area contributed by atoms with Crippen LogP contribution in [0.15, 0.2) is 53.6 Å². The Morgan fingerprint density at radius 3 is 2.74 bits per heavy atom. The first-order valence-corrected chi connectivity index (χ1v) is 14.5.